The number of imidazole rings is 1. The summed E-state index contributed by atoms with van der Waals surface area (Å²) in [5.41, 5.74) is 1.59. The lowest BCUT2D eigenvalue weighted by atomic mass is 10.3. The number of thioether (sulfide) groups is 1. The number of aromatic nitrogens is 2. The van der Waals surface area contributed by atoms with E-state index in [4.69, 9.17) is 0 Å². The number of carbonyl (C=O) groups is 1. The molecule has 0 saturated carbocycles. The molecule has 142 valence electrons. The molecule has 0 unspecified atom stereocenters. The molecule has 0 saturated heterocycles. The molecule has 5 nitrogen and oxygen atoms in total. The number of aryl methyl sites for hydroxylation is 2. The van der Waals surface area contributed by atoms with E-state index < -0.39 is 0 Å². The van der Waals surface area contributed by atoms with Crippen LogP contribution in [0.1, 0.15) is 12.8 Å². The van der Waals surface area contributed by atoms with Gasteiger partial charge in [0, 0.05) is 31.5 Å². The fourth-order valence-corrected chi connectivity index (χ4v) is 3.75. The number of carbonyl (C=O) groups excluding carboxylic acids is 1. The molecule has 2 aromatic carbocycles. The number of rotatable bonds is 8. The van der Waals surface area contributed by atoms with Gasteiger partial charge in [-0.15, -0.1) is 11.8 Å². The van der Waals surface area contributed by atoms with Crippen LogP contribution in [0.25, 0.3) is 11.0 Å². The third-order valence-corrected chi connectivity index (χ3v) is 5.44. The molecule has 0 aliphatic heterocycles. The molecule has 1 aromatic heterocycles. The zero-order valence-corrected chi connectivity index (χ0v) is 16.0. The number of nitrogens with one attached hydrogen (secondary N) is 1. The zero-order valence-electron chi connectivity index (χ0n) is 15.2. The van der Waals surface area contributed by atoms with E-state index >= 15 is 0 Å². The van der Waals surface area contributed by atoms with Gasteiger partial charge in [-0.3, -0.25) is 13.9 Å². The Balaban J connectivity index is 1.42. The van der Waals surface area contributed by atoms with Crippen LogP contribution in [0.2, 0.25) is 0 Å². The molecule has 0 bridgehead atoms. The summed E-state index contributed by atoms with van der Waals surface area (Å²) in [4.78, 5) is 25.4. The summed E-state index contributed by atoms with van der Waals surface area (Å²) in [5.74, 6) is 0.535. The molecule has 0 aliphatic rings. The number of nitrogens with zero attached hydrogens (tertiary/aromatic N) is 2. The maximum atomic E-state index is 12.8. The van der Waals surface area contributed by atoms with Crippen molar-refractivity contribution in [2.45, 2.75) is 24.3 Å². The Hall–Kier alpha value is -2.54. The standard InChI is InChI=1S/C20H22FN3O2S/c1-23-17-5-2-3-6-18(17)24(20(23)26)13-11-19(25)22-12-4-14-27-16-9-7-15(21)8-10-16/h2-3,5-10H,4,11-14H2,1H3,(H,22,25). The second-order valence-corrected chi connectivity index (χ2v) is 7.41. The van der Waals surface area contributed by atoms with Crippen LogP contribution >= 0.6 is 11.8 Å². The molecule has 1 heterocycles. The first kappa shape index (κ1) is 19.2. The number of hydrogen-bond acceptors (Lipinski definition) is 3. The van der Waals surface area contributed by atoms with E-state index in [1.54, 1.807) is 40.1 Å². The van der Waals surface area contributed by atoms with E-state index in [0.717, 1.165) is 28.1 Å². The monoisotopic (exact) mass is 387 g/mol. The van der Waals surface area contributed by atoms with Crippen LogP contribution in [0.5, 0.6) is 0 Å². The van der Waals surface area contributed by atoms with Gasteiger partial charge in [0.2, 0.25) is 5.91 Å². The van der Waals surface area contributed by atoms with E-state index in [0.29, 0.717) is 13.1 Å². The molecule has 0 fully saturated rings. The van der Waals surface area contributed by atoms with Crippen molar-refractivity contribution in [3.05, 3.63) is 64.8 Å². The Labute approximate surface area is 161 Å². The Kier molecular flexibility index (Phi) is 6.34. The lowest BCUT2D eigenvalue weighted by Gasteiger charge is -2.06. The fraction of sp³-hybridized carbons (Fsp3) is 0.300. The first-order chi connectivity index (χ1) is 13.1. The van der Waals surface area contributed by atoms with Crippen molar-refractivity contribution in [1.82, 2.24) is 14.5 Å². The lowest BCUT2D eigenvalue weighted by Crippen LogP contribution is -2.28. The molecule has 3 rings (SSSR count). The molecule has 27 heavy (non-hydrogen) atoms. The third-order valence-electron chi connectivity index (χ3n) is 4.34. The van der Waals surface area contributed by atoms with Gasteiger partial charge in [-0.2, -0.15) is 0 Å². The quantitative estimate of drug-likeness (QED) is 0.477. The molecule has 0 radical (unpaired) electrons. The van der Waals surface area contributed by atoms with Gasteiger partial charge in [0.05, 0.1) is 11.0 Å². The van der Waals surface area contributed by atoms with Crippen LogP contribution in [0, 0.1) is 5.82 Å². The molecule has 3 aromatic rings. The minimum absolute atomic E-state index is 0.0679. The number of amides is 1. The summed E-state index contributed by atoms with van der Waals surface area (Å²) in [6.45, 7) is 0.938. The smallest absolute Gasteiger partial charge is 0.328 e. The summed E-state index contributed by atoms with van der Waals surface area (Å²) in [6.07, 6.45) is 1.08. The molecule has 0 atom stereocenters. The normalized spacial score (nSPS) is 11.0. The van der Waals surface area contributed by atoms with Crippen molar-refractivity contribution in [3.8, 4) is 0 Å². The summed E-state index contributed by atoms with van der Waals surface area (Å²) in [5, 5.41) is 2.89. The molecule has 0 aliphatic carbocycles. The topological polar surface area (TPSA) is 56.0 Å². The van der Waals surface area contributed by atoms with Gasteiger partial charge in [-0.25, -0.2) is 9.18 Å². The number of benzene rings is 2. The minimum Gasteiger partial charge on any atom is -0.356 e. The second kappa shape index (κ2) is 8.90. The van der Waals surface area contributed by atoms with Gasteiger partial charge in [-0.1, -0.05) is 12.1 Å². The van der Waals surface area contributed by atoms with Crippen molar-refractivity contribution in [1.29, 1.82) is 0 Å². The van der Waals surface area contributed by atoms with E-state index in [9.17, 15) is 14.0 Å². The van der Waals surface area contributed by atoms with Gasteiger partial charge in [-0.05, 0) is 48.6 Å². The van der Waals surface area contributed by atoms with Gasteiger partial charge in [0.1, 0.15) is 5.82 Å². The summed E-state index contributed by atoms with van der Waals surface area (Å²) in [7, 11) is 1.74. The van der Waals surface area contributed by atoms with E-state index in [-0.39, 0.29) is 23.8 Å². The van der Waals surface area contributed by atoms with Crippen LogP contribution in [-0.4, -0.2) is 27.3 Å². The van der Waals surface area contributed by atoms with Crippen molar-refractivity contribution in [3.63, 3.8) is 0 Å². The predicted molar refractivity (Wildman–Crippen MR) is 107 cm³/mol. The average Bonchev–Trinajstić information content (AvgIpc) is 2.92. The van der Waals surface area contributed by atoms with Crippen LogP contribution in [-0.2, 0) is 18.4 Å². The highest BCUT2D eigenvalue weighted by Gasteiger charge is 2.11. The Bertz CT molecular complexity index is 979. The lowest BCUT2D eigenvalue weighted by molar-refractivity contribution is -0.121. The fourth-order valence-electron chi connectivity index (χ4n) is 2.90. The van der Waals surface area contributed by atoms with Crippen LogP contribution in [0.3, 0.4) is 0 Å². The first-order valence-electron chi connectivity index (χ1n) is 8.85. The van der Waals surface area contributed by atoms with Crippen molar-refractivity contribution in [2.75, 3.05) is 12.3 Å². The van der Waals surface area contributed by atoms with Gasteiger partial charge in [0.25, 0.3) is 0 Å². The summed E-state index contributed by atoms with van der Waals surface area (Å²) in [6, 6.07) is 14.0. The molecule has 1 N–H and O–H groups in total. The largest absolute Gasteiger partial charge is 0.356 e. The second-order valence-electron chi connectivity index (χ2n) is 6.24. The average molecular weight is 387 g/mol. The Morgan fingerprint density at radius 2 is 1.81 bits per heavy atom. The molecule has 7 heteroatoms. The molecule has 1 amide bonds. The van der Waals surface area contributed by atoms with Crippen LogP contribution < -0.4 is 11.0 Å². The van der Waals surface area contributed by atoms with Crippen LogP contribution in [0.4, 0.5) is 4.39 Å². The van der Waals surface area contributed by atoms with Crippen molar-refractivity contribution < 1.29 is 9.18 Å². The Morgan fingerprint density at radius 1 is 1.11 bits per heavy atom. The minimum atomic E-state index is -0.239. The number of halogens is 1. The highest BCUT2D eigenvalue weighted by atomic mass is 32.2. The van der Waals surface area contributed by atoms with E-state index in [1.165, 1.54) is 12.1 Å². The van der Waals surface area contributed by atoms with Gasteiger partial charge >= 0.3 is 5.69 Å². The zero-order chi connectivity index (χ0) is 19.2. The summed E-state index contributed by atoms with van der Waals surface area (Å²) >= 11 is 1.63. The van der Waals surface area contributed by atoms with Gasteiger partial charge in [0.15, 0.2) is 0 Å². The third kappa shape index (κ3) is 4.80. The van der Waals surface area contributed by atoms with E-state index in [2.05, 4.69) is 5.32 Å². The highest BCUT2D eigenvalue weighted by Crippen LogP contribution is 2.18. The van der Waals surface area contributed by atoms with E-state index in [1.807, 2.05) is 24.3 Å². The van der Waals surface area contributed by atoms with Crippen LogP contribution in [0.15, 0.2) is 58.2 Å². The van der Waals surface area contributed by atoms with Crippen molar-refractivity contribution >= 4 is 28.7 Å². The predicted octanol–water partition coefficient (Wildman–Crippen LogP) is 3.17. The van der Waals surface area contributed by atoms with Crippen molar-refractivity contribution in [2.24, 2.45) is 7.05 Å². The molecular formula is C20H22FN3O2S. The maximum Gasteiger partial charge on any atom is 0.328 e. The first-order valence-corrected chi connectivity index (χ1v) is 9.84. The maximum absolute atomic E-state index is 12.8. The summed E-state index contributed by atoms with van der Waals surface area (Å²) < 4.78 is 16.1. The molecule has 0 spiro atoms. The number of fused-ring (bicyclic) bond motifs is 1. The SMILES string of the molecule is Cn1c(=O)n(CCC(=O)NCCCSc2ccc(F)cc2)c2ccccc21. The molecular weight excluding hydrogens is 365 g/mol. The Morgan fingerprint density at radius 3 is 2.56 bits per heavy atom. The number of para-hydroxylation sites is 2. The van der Waals surface area contributed by atoms with Gasteiger partial charge < -0.3 is 5.32 Å². The highest BCUT2D eigenvalue weighted by molar-refractivity contribution is 7.99. The number of hydrogen-bond donors (Lipinski definition) is 1.